The fourth-order valence-corrected chi connectivity index (χ4v) is 3.72. The molecule has 0 bridgehead atoms. The second-order valence-electron chi connectivity index (χ2n) is 7.55. The van der Waals surface area contributed by atoms with Crippen molar-refractivity contribution in [3.63, 3.8) is 0 Å². The molecule has 1 saturated heterocycles. The molecule has 3 heterocycles. The van der Waals surface area contributed by atoms with Gasteiger partial charge < -0.3 is 19.6 Å². The van der Waals surface area contributed by atoms with E-state index in [0.29, 0.717) is 38.4 Å². The summed E-state index contributed by atoms with van der Waals surface area (Å²) >= 11 is 12.0. The molecule has 1 fully saturated rings. The first-order valence-corrected chi connectivity index (χ1v) is 10.8. The average Bonchev–Trinajstić information content (AvgIpc) is 2.73. The molecule has 12 heteroatoms. The summed E-state index contributed by atoms with van der Waals surface area (Å²) in [5.41, 5.74) is 3.57. The molecule has 170 valence electrons. The number of likely N-dealkylation sites (tertiary alicyclic amines) is 1. The van der Waals surface area contributed by atoms with Crippen molar-refractivity contribution in [2.24, 2.45) is 0 Å². The Morgan fingerprint density at radius 2 is 1.90 bits per heavy atom. The van der Waals surface area contributed by atoms with Crippen LogP contribution in [-0.4, -0.2) is 70.4 Å². The van der Waals surface area contributed by atoms with Gasteiger partial charge in [0.2, 0.25) is 0 Å². The highest BCUT2D eigenvalue weighted by molar-refractivity contribution is 6.34. The standard InChI is InChI=1S/C19H25Cl2N5O5/c1-11(2)30-19(29)26-9-5-13(6-10-26)31-24-12-3-7-25(8-4-12)17-16(21)22-14(18(27)28)15(20)23-17/h3,11,13,24H,4-10H2,1-2H3,(H,27,28). The van der Waals surface area contributed by atoms with Gasteiger partial charge in [0.15, 0.2) is 21.8 Å². The van der Waals surface area contributed by atoms with Crippen LogP contribution in [0.15, 0.2) is 11.8 Å². The Morgan fingerprint density at radius 1 is 1.19 bits per heavy atom. The first-order chi connectivity index (χ1) is 14.7. The van der Waals surface area contributed by atoms with E-state index < -0.39 is 5.97 Å². The van der Waals surface area contributed by atoms with Crippen LogP contribution >= 0.6 is 23.2 Å². The van der Waals surface area contributed by atoms with Crippen molar-refractivity contribution in [3.05, 3.63) is 27.8 Å². The van der Waals surface area contributed by atoms with E-state index in [1.807, 2.05) is 24.8 Å². The van der Waals surface area contributed by atoms with Crippen molar-refractivity contribution >= 4 is 41.1 Å². The molecule has 1 aromatic rings. The Bertz CT molecular complexity index is 858. The van der Waals surface area contributed by atoms with Crippen molar-refractivity contribution < 1.29 is 24.3 Å². The van der Waals surface area contributed by atoms with Crippen molar-refractivity contribution in [1.29, 1.82) is 0 Å². The molecule has 0 spiro atoms. The molecule has 31 heavy (non-hydrogen) atoms. The van der Waals surface area contributed by atoms with Crippen LogP contribution in [0.25, 0.3) is 0 Å². The number of aromatic carboxylic acids is 1. The van der Waals surface area contributed by atoms with Crippen LogP contribution in [0.3, 0.4) is 0 Å². The number of nitrogens with one attached hydrogen (secondary N) is 1. The number of piperidine rings is 1. The van der Waals surface area contributed by atoms with E-state index in [1.165, 1.54) is 0 Å². The number of halogens is 2. The fourth-order valence-electron chi connectivity index (χ4n) is 3.27. The molecule has 0 aliphatic carbocycles. The summed E-state index contributed by atoms with van der Waals surface area (Å²) < 4.78 is 5.22. The Hall–Kier alpha value is -2.30. The number of nitrogens with zero attached hydrogens (tertiary/aromatic N) is 4. The van der Waals surface area contributed by atoms with E-state index in [9.17, 15) is 9.59 Å². The normalized spacial score (nSPS) is 17.5. The molecular weight excluding hydrogens is 449 g/mol. The predicted octanol–water partition coefficient (Wildman–Crippen LogP) is 3.11. The molecule has 0 radical (unpaired) electrons. The smallest absolute Gasteiger partial charge is 0.410 e. The third-order valence-electron chi connectivity index (χ3n) is 4.90. The highest BCUT2D eigenvalue weighted by atomic mass is 35.5. The zero-order valence-corrected chi connectivity index (χ0v) is 18.8. The Labute approximate surface area is 190 Å². The van der Waals surface area contributed by atoms with E-state index in [0.717, 1.165) is 18.5 Å². The molecule has 2 aliphatic heterocycles. The zero-order valence-electron chi connectivity index (χ0n) is 17.3. The van der Waals surface area contributed by atoms with Crippen LogP contribution in [0.2, 0.25) is 10.3 Å². The molecule has 0 saturated carbocycles. The topological polar surface area (TPSA) is 117 Å². The third-order valence-corrected chi connectivity index (χ3v) is 5.42. The Kier molecular flexibility index (Phi) is 7.79. The summed E-state index contributed by atoms with van der Waals surface area (Å²) in [7, 11) is 0. The Balaban J connectivity index is 1.47. The number of carboxylic acids is 1. The lowest BCUT2D eigenvalue weighted by Gasteiger charge is -2.32. The number of hydroxylamine groups is 1. The summed E-state index contributed by atoms with van der Waals surface area (Å²) in [6.07, 6.45) is 3.62. The minimum atomic E-state index is -1.28. The van der Waals surface area contributed by atoms with Gasteiger partial charge in [0.05, 0.1) is 12.2 Å². The van der Waals surface area contributed by atoms with Gasteiger partial charge in [-0.25, -0.2) is 19.6 Å². The summed E-state index contributed by atoms with van der Waals surface area (Å²) in [4.78, 5) is 40.3. The predicted molar refractivity (Wildman–Crippen MR) is 114 cm³/mol. The lowest BCUT2D eigenvalue weighted by Crippen LogP contribution is -2.43. The van der Waals surface area contributed by atoms with Crippen LogP contribution < -0.4 is 10.4 Å². The summed E-state index contributed by atoms with van der Waals surface area (Å²) in [5.74, 6) is -0.940. The largest absolute Gasteiger partial charge is 0.476 e. The maximum atomic E-state index is 11.9. The monoisotopic (exact) mass is 473 g/mol. The van der Waals surface area contributed by atoms with Gasteiger partial charge in [-0.3, -0.25) is 10.3 Å². The van der Waals surface area contributed by atoms with Crippen LogP contribution in [-0.2, 0) is 9.57 Å². The van der Waals surface area contributed by atoms with Crippen LogP contribution in [0.1, 0.15) is 43.6 Å². The van der Waals surface area contributed by atoms with E-state index in [4.69, 9.17) is 37.9 Å². The highest BCUT2D eigenvalue weighted by Crippen LogP contribution is 2.27. The van der Waals surface area contributed by atoms with Gasteiger partial charge in [0.1, 0.15) is 0 Å². The molecule has 10 nitrogen and oxygen atoms in total. The number of carboxylic acid groups (broad SMARTS) is 1. The highest BCUT2D eigenvalue weighted by Gasteiger charge is 2.26. The van der Waals surface area contributed by atoms with Crippen molar-refractivity contribution in [2.45, 2.75) is 45.3 Å². The molecule has 2 N–H and O–H groups in total. The van der Waals surface area contributed by atoms with Gasteiger partial charge in [0.25, 0.3) is 0 Å². The molecule has 3 rings (SSSR count). The van der Waals surface area contributed by atoms with Crippen LogP contribution in [0.4, 0.5) is 10.6 Å². The molecule has 0 atom stereocenters. The van der Waals surface area contributed by atoms with Gasteiger partial charge in [-0.05, 0) is 32.8 Å². The SMILES string of the molecule is CC(C)OC(=O)N1CCC(ONC2=CCN(c3nc(Cl)c(C(=O)O)nc3Cl)CC2)CC1. The number of ether oxygens (including phenoxy) is 1. The number of anilines is 1. The molecule has 0 unspecified atom stereocenters. The van der Waals surface area contributed by atoms with Crippen molar-refractivity contribution in [1.82, 2.24) is 20.3 Å². The maximum Gasteiger partial charge on any atom is 0.410 e. The lowest BCUT2D eigenvalue weighted by molar-refractivity contribution is -0.0416. The first kappa shape index (κ1) is 23.4. The molecule has 2 aliphatic rings. The average molecular weight is 474 g/mol. The minimum absolute atomic E-state index is 0.00436. The lowest BCUT2D eigenvalue weighted by atomic mass is 10.1. The molecule has 0 aromatic carbocycles. The number of carbonyl (C=O) groups excluding carboxylic acids is 1. The van der Waals surface area contributed by atoms with Gasteiger partial charge in [0, 0.05) is 38.3 Å². The third kappa shape index (κ3) is 6.11. The molecule has 1 amide bonds. The number of aromatic nitrogens is 2. The number of rotatable bonds is 6. The fraction of sp³-hybridized carbons (Fsp3) is 0.579. The molecular formula is C19H25Cl2N5O5. The second kappa shape index (κ2) is 10.3. The first-order valence-electron chi connectivity index (χ1n) is 10.0. The zero-order chi connectivity index (χ0) is 22.5. The summed E-state index contributed by atoms with van der Waals surface area (Å²) in [6.45, 7) is 5.92. The van der Waals surface area contributed by atoms with E-state index in [-0.39, 0.29) is 34.3 Å². The molecule has 1 aromatic heterocycles. The number of hydrogen-bond acceptors (Lipinski definition) is 8. The van der Waals surface area contributed by atoms with Gasteiger partial charge in [-0.2, -0.15) is 0 Å². The summed E-state index contributed by atoms with van der Waals surface area (Å²) in [6, 6.07) is 0. The second-order valence-corrected chi connectivity index (χ2v) is 8.26. The van der Waals surface area contributed by atoms with E-state index >= 15 is 0 Å². The van der Waals surface area contributed by atoms with Crippen molar-refractivity contribution in [2.75, 3.05) is 31.1 Å². The Morgan fingerprint density at radius 3 is 2.48 bits per heavy atom. The number of hydrogen-bond donors (Lipinski definition) is 2. The number of carbonyl (C=O) groups is 2. The maximum absolute atomic E-state index is 11.9. The minimum Gasteiger partial charge on any atom is -0.476 e. The van der Waals surface area contributed by atoms with Gasteiger partial charge in [-0.15, -0.1) is 0 Å². The summed E-state index contributed by atoms with van der Waals surface area (Å²) in [5, 5.41) is 8.84. The quantitative estimate of drug-likeness (QED) is 0.600. The van der Waals surface area contributed by atoms with Gasteiger partial charge >= 0.3 is 12.1 Å². The van der Waals surface area contributed by atoms with Crippen LogP contribution in [0.5, 0.6) is 0 Å². The van der Waals surface area contributed by atoms with Gasteiger partial charge in [-0.1, -0.05) is 23.2 Å². The van der Waals surface area contributed by atoms with E-state index in [1.54, 1.807) is 4.90 Å². The number of amides is 1. The van der Waals surface area contributed by atoms with E-state index in [2.05, 4.69) is 15.4 Å². The van der Waals surface area contributed by atoms with Crippen LogP contribution in [0, 0.1) is 0 Å². The van der Waals surface area contributed by atoms with Crippen molar-refractivity contribution in [3.8, 4) is 0 Å².